The summed E-state index contributed by atoms with van der Waals surface area (Å²) in [5.41, 5.74) is -1.52. The zero-order valence-corrected chi connectivity index (χ0v) is 22.6. The summed E-state index contributed by atoms with van der Waals surface area (Å²) in [6.45, 7) is 4.73. The quantitative estimate of drug-likeness (QED) is 0.351. The number of carbonyl (C=O) groups excluding carboxylic acids is 2. The van der Waals surface area contributed by atoms with E-state index >= 15 is 0 Å². The van der Waals surface area contributed by atoms with Gasteiger partial charge in [-0.15, -0.1) is 0 Å². The Balaban J connectivity index is 2.05. The fourth-order valence-electron chi connectivity index (χ4n) is 4.84. The van der Waals surface area contributed by atoms with Crippen molar-refractivity contribution in [1.29, 1.82) is 5.26 Å². The predicted molar refractivity (Wildman–Crippen MR) is 139 cm³/mol. The summed E-state index contributed by atoms with van der Waals surface area (Å²) >= 11 is 0. The maximum Gasteiger partial charge on any atom is 0.475 e. The fourth-order valence-corrected chi connectivity index (χ4v) is 4.84. The van der Waals surface area contributed by atoms with E-state index in [1.54, 1.807) is 50.1 Å². The highest BCUT2D eigenvalue weighted by Crippen LogP contribution is 2.35. The number of hydrogen-bond acceptors (Lipinski definition) is 7. The minimum Gasteiger partial charge on any atom is -0.447 e. The van der Waals surface area contributed by atoms with Gasteiger partial charge in [0.25, 0.3) is 6.43 Å². The van der Waals surface area contributed by atoms with Crippen LogP contribution in [-0.2, 0) is 16.0 Å². The van der Waals surface area contributed by atoms with Gasteiger partial charge in [0.15, 0.2) is 0 Å². The van der Waals surface area contributed by atoms with E-state index in [9.17, 15) is 33.7 Å². The molecule has 2 rings (SSSR count). The molecule has 1 aromatic carbocycles. The lowest BCUT2D eigenvalue weighted by molar-refractivity contribution is -0.145. The van der Waals surface area contributed by atoms with E-state index in [1.807, 2.05) is 6.07 Å². The average molecular weight is 536 g/mol. The number of piperidine rings is 1. The SMILES string of the molecule is CN(CC(F)F)C(C)(C)CC(C)(C#N)C(=O)N1CCCC[C@@H]1COC(=O)N[C@@H](Cc1ccccc1)B(O)O. The van der Waals surface area contributed by atoms with Crippen molar-refractivity contribution >= 4 is 19.1 Å². The molecule has 12 heteroatoms. The zero-order valence-electron chi connectivity index (χ0n) is 22.6. The Labute approximate surface area is 223 Å². The molecule has 1 aliphatic rings. The summed E-state index contributed by atoms with van der Waals surface area (Å²) < 4.78 is 31.3. The molecule has 210 valence electrons. The van der Waals surface area contributed by atoms with E-state index in [0.717, 1.165) is 18.4 Å². The highest BCUT2D eigenvalue weighted by atomic mass is 19.3. The van der Waals surface area contributed by atoms with Crippen LogP contribution in [0.15, 0.2) is 30.3 Å². The van der Waals surface area contributed by atoms with Crippen LogP contribution in [0.5, 0.6) is 0 Å². The third-order valence-corrected chi connectivity index (χ3v) is 7.21. The Hall–Kier alpha value is -2.75. The van der Waals surface area contributed by atoms with Crippen LogP contribution in [0, 0.1) is 16.7 Å². The van der Waals surface area contributed by atoms with Gasteiger partial charge >= 0.3 is 13.2 Å². The number of alkyl halides is 2. The van der Waals surface area contributed by atoms with Gasteiger partial charge in [-0.25, -0.2) is 13.6 Å². The summed E-state index contributed by atoms with van der Waals surface area (Å²) in [4.78, 5) is 29.1. The van der Waals surface area contributed by atoms with E-state index < -0.39 is 55.0 Å². The fraction of sp³-hybridized carbons (Fsp3) is 0.654. The van der Waals surface area contributed by atoms with Crippen LogP contribution in [0.2, 0.25) is 0 Å². The number of nitrogens with zero attached hydrogens (tertiary/aromatic N) is 3. The Morgan fingerprint density at radius 2 is 1.92 bits per heavy atom. The number of carbonyl (C=O) groups is 2. The highest BCUT2D eigenvalue weighted by Gasteiger charge is 2.45. The number of hydrogen-bond donors (Lipinski definition) is 3. The number of nitriles is 1. The number of rotatable bonds is 12. The standard InChI is InChI=1S/C26H39BF2N4O5/c1-25(2,32(4)15-22(28)29)17-26(3,18-30)23(34)33-13-9-8-12-20(33)16-38-24(35)31-21(27(36)37)14-19-10-6-5-7-11-19/h5-7,10-11,20-22,36-37H,8-9,12-17H2,1-4H3,(H,31,35)/t20-,21+,26?/m1/s1. The van der Waals surface area contributed by atoms with Crippen molar-refractivity contribution in [2.45, 2.75) is 76.8 Å². The van der Waals surface area contributed by atoms with Crippen molar-refractivity contribution in [3.63, 3.8) is 0 Å². The van der Waals surface area contributed by atoms with Gasteiger partial charge in [0, 0.05) is 12.1 Å². The molecule has 1 heterocycles. The third kappa shape index (κ3) is 8.93. The molecule has 9 nitrogen and oxygen atoms in total. The van der Waals surface area contributed by atoms with Crippen LogP contribution in [0.4, 0.5) is 13.6 Å². The lowest BCUT2D eigenvalue weighted by Gasteiger charge is -2.43. The lowest BCUT2D eigenvalue weighted by atomic mass is 9.76. The van der Waals surface area contributed by atoms with Crippen LogP contribution in [0.25, 0.3) is 0 Å². The molecule has 1 saturated heterocycles. The number of likely N-dealkylation sites (tertiary alicyclic amines) is 1. The van der Waals surface area contributed by atoms with Crippen LogP contribution < -0.4 is 5.32 Å². The normalized spacial score (nSPS) is 18.4. The van der Waals surface area contributed by atoms with E-state index in [4.69, 9.17) is 4.74 Å². The summed E-state index contributed by atoms with van der Waals surface area (Å²) in [6, 6.07) is 10.7. The summed E-state index contributed by atoms with van der Waals surface area (Å²) in [5, 5.41) is 31.9. The maximum absolute atomic E-state index is 13.6. The first-order chi connectivity index (χ1) is 17.8. The van der Waals surface area contributed by atoms with Crippen molar-refractivity contribution in [3.8, 4) is 6.07 Å². The van der Waals surface area contributed by atoms with Gasteiger partial charge < -0.3 is 25.0 Å². The van der Waals surface area contributed by atoms with Crippen LogP contribution in [0.1, 0.15) is 52.0 Å². The first-order valence-electron chi connectivity index (χ1n) is 12.8. The monoisotopic (exact) mass is 536 g/mol. The highest BCUT2D eigenvalue weighted by molar-refractivity contribution is 6.43. The summed E-state index contributed by atoms with van der Waals surface area (Å²) in [7, 11) is -0.266. The number of amides is 2. The Kier molecular flexibility index (Phi) is 11.5. The maximum atomic E-state index is 13.6. The van der Waals surface area contributed by atoms with Gasteiger partial charge in [-0.1, -0.05) is 30.3 Å². The zero-order chi connectivity index (χ0) is 28.5. The molecular formula is C26H39BF2N4O5. The summed E-state index contributed by atoms with van der Waals surface area (Å²) in [5.74, 6) is -1.43. The molecule has 1 aliphatic heterocycles. The molecule has 3 N–H and O–H groups in total. The van der Waals surface area contributed by atoms with Gasteiger partial charge in [0.2, 0.25) is 5.91 Å². The van der Waals surface area contributed by atoms with Crippen LogP contribution in [0.3, 0.4) is 0 Å². The van der Waals surface area contributed by atoms with Gasteiger partial charge in [-0.3, -0.25) is 9.69 Å². The van der Waals surface area contributed by atoms with Gasteiger partial charge in [0.05, 0.1) is 24.6 Å². The molecule has 1 aromatic rings. The van der Waals surface area contributed by atoms with E-state index in [1.165, 1.54) is 11.8 Å². The second-order valence-corrected chi connectivity index (χ2v) is 10.8. The van der Waals surface area contributed by atoms with Crippen molar-refractivity contribution < 1.29 is 33.2 Å². The average Bonchev–Trinajstić information content (AvgIpc) is 2.86. The first kappa shape index (κ1) is 31.5. The van der Waals surface area contributed by atoms with Crippen molar-refractivity contribution in [1.82, 2.24) is 15.1 Å². The van der Waals surface area contributed by atoms with Gasteiger partial charge in [0.1, 0.15) is 12.0 Å². The van der Waals surface area contributed by atoms with Gasteiger partial charge in [-0.2, -0.15) is 5.26 Å². The molecule has 0 radical (unpaired) electrons. The van der Waals surface area contributed by atoms with E-state index in [-0.39, 0.29) is 19.4 Å². The minimum atomic E-state index is -2.54. The molecule has 0 bridgehead atoms. The smallest absolute Gasteiger partial charge is 0.447 e. The Morgan fingerprint density at radius 1 is 1.26 bits per heavy atom. The molecule has 1 unspecified atom stereocenters. The molecule has 0 aromatic heterocycles. The van der Waals surface area contributed by atoms with Crippen molar-refractivity contribution in [2.75, 3.05) is 26.7 Å². The van der Waals surface area contributed by atoms with E-state index in [2.05, 4.69) is 11.4 Å². The second-order valence-electron chi connectivity index (χ2n) is 10.8. The molecule has 38 heavy (non-hydrogen) atoms. The van der Waals surface area contributed by atoms with E-state index in [0.29, 0.717) is 13.0 Å². The lowest BCUT2D eigenvalue weighted by Crippen LogP contribution is -2.55. The Morgan fingerprint density at radius 3 is 2.50 bits per heavy atom. The number of halogens is 2. The number of ether oxygens (including phenoxy) is 1. The number of benzene rings is 1. The molecule has 3 atom stereocenters. The van der Waals surface area contributed by atoms with Crippen LogP contribution >= 0.6 is 0 Å². The predicted octanol–water partition coefficient (Wildman–Crippen LogP) is 2.61. The second kappa shape index (κ2) is 13.9. The van der Waals surface area contributed by atoms with Crippen LogP contribution in [-0.4, -0.2) is 89.7 Å². The number of nitrogens with one attached hydrogen (secondary N) is 1. The molecule has 1 fully saturated rings. The largest absolute Gasteiger partial charge is 0.475 e. The molecule has 0 saturated carbocycles. The first-order valence-corrected chi connectivity index (χ1v) is 12.8. The van der Waals surface area contributed by atoms with Crippen molar-refractivity contribution in [3.05, 3.63) is 35.9 Å². The Bertz CT molecular complexity index is 963. The topological polar surface area (TPSA) is 126 Å². The molecule has 2 amide bonds. The molecule has 0 aliphatic carbocycles. The molecule has 0 spiro atoms. The minimum absolute atomic E-state index is 0.0403. The third-order valence-electron chi connectivity index (χ3n) is 7.21. The number of alkyl carbamates (subject to hydrolysis) is 1. The summed E-state index contributed by atoms with van der Waals surface area (Å²) in [6.07, 6.45) is -1.09. The van der Waals surface area contributed by atoms with Crippen molar-refractivity contribution in [2.24, 2.45) is 5.41 Å². The van der Waals surface area contributed by atoms with Gasteiger partial charge in [-0.05, 0) is 65.5 Å². The molecular weight excluding hydrogens is 497 g/mol.